The molecule has 1 aliphatic heterocycles. The average Bonchev–Trinajstić information content (AvgIpc) is 2.65. The molecule has 2 rings (SSSR count). The summed E-state index contributed by atoms with van der Waals surface area (Å²) in [7, 11) is 0. The summed E-state index contributed by atoms with van der Waals surface area (Å²) >= 11 is 0. The lowest BCUT2D eigenvalue weighted by Crippen LogP contribution is -2.44. The quantitative estimate of drug-likeness (QED) is 0.391. The van der Waals surface area contributed by atoms with E-state index in [0.29, 0.717) is 26.1 Å². The third-order valence-corrected chi connectivity index (χ3v) is 3.22. The Labute approximate surface area is 111 Å². The zero-order valence-electron chi connectivity index (χ0n) is 10.6. The van der Waals surface area contributed by atoms with Gasteiger partial charge in [-0.3, -0.25) is 19.9 Å². The summed E-state index contributed by atoms with van der Waals surface area (Å²) in [6, 6.07) is 8.98. The zero-order chi connectivity index (χ0) is 13.7. The number of hydrazine groups is 1. The fraction of sp³-hybridized carbons (Fsp3) is 0.385. The average molecular weight is 262 g/mol. The van der Waals surface area contributed by atoms with Crippen molar-refractivity contribution < 1.29 is 9.59 Å². The molecule has 0 bridgehead atoms. The lowest BCUT2D eigenvalue weighted by Gasteiger charge is -2.28. The number of amides is 2. The van der Waals surface area contributed by atoms with E-state index in [9.17, 15) is 9.59 Å². The maximum absolute atomic E-state index is 12.0. The van der Waals surface area contributed by atoms with Gasteiger partial charge in [-0.15, -0.1) is 0 Å². The van der Waals surface area contributed by atoms with Crippen LogP contribution in [0.3, 0.4) is 0 Å². The third-order valence-electron chi connectivity index (χ3n) is 3.22. The molecule has 0 radical (unpaired) electrons. The normalized spacial score (nSPS) is 18.3. The molecule has 2 amide bonds. The van der Waals surface area contributed by atoms with Crippen LogP contribution >= 0.6 is 0 Å². The molecule has 19 heavy (non-hydrogen) atoms. The van der Waals surface area contributed by atoms with Crippen molar-refractivity contribution in [3.05, 3.63) is 35.9 Å². The van der Waals surface area contributed by atoms with Gasteiger partial charge < -0.3 is 5.32 Å². The van der Waals surface area contributed by atoms with Gasteiger partial charge in [0.25, 0.3) is 5.91 Å². The van der Waals surface area contributed by atoms with Gasteiger partial charge in [0.2, 0.25) is 5.91 Å². The zero-order valence-corrected chi connectivity index (χ0v) is 10.6. The van der Waals surface area contributed by atoms with E-state index in [-0.39, 0.29) is 11.8 Å². The van der Waals surface area contributed by atoms with E-state index >= 15 is 0 Å². The molecule has 4 N–H and O–H groups in total. The van der Waals surface area contributed by atoms with Gasteiger partial charge in [-0.05, 0) is 5.56 Å². The molecule has 1 aromatic rings. The Hall–Kier alpha value is -1.92. The number of rotatable bonds is 3. The first-order valence-electron chi connectivity index (χ1n) is 6.28. The highest BCUT2D eigenvalue weighted by Crippen LogP contribution is 2.21. The first-order valence-corrected chi connectivity index (χ1v) is 6.28. The Morgan fingerprint density at radius 1 is 1.32 bits per heavy atom. The van der Waals surface area contributed by atoms with E-state index in [4.69, 9.17) is 5.84 Å². The third kappa shape index (κ3) is 3.30. The Morgan fingerprint density at radius 2 is 2.05 bits per heavy atom. The summed E-state index contributed by atoms with van der Waals surface area (Å²) in [6.45, 7) is 1.71. The standard InChI is InChI=1S/C13H18N4O2/c14-16-13(19)12(10-4-2-1-3-5-10)17-8-6-11(18)15-7-9-17/h1-5,12H,6-9,14H2,(H,15,18)(H,16,19). The first-order chi connectivity index (χ1) is 9.22. The molecule has 0 aliphatic carbocycles. The number of nitrogens with two attached hydrogens (primary N) is 1. The minimum atomic E-state index is -0.459. The molecule has 0 aromatic heterocycles. The van der Waals surface area contributed by atoms with Crippen LogP contribution in [-0.2, 0) is 9.59 Å². The Bertz CT molecular complexity index is 449. The number of benzene rings is 1. The minimum absolute atomic E-state index is 0.0162. The molecule has 1 aliphatic rings. The topological polar surface area (TPSA) is 87.5 Å². The lowest BCUT2D eigenvalue weighted by molar-refractivity contribution is -0.127. The van der Waals surface area contributed by atoms with E-state index in [2.05, 4.69) is 10.7 Å². The molecule has 1 heterocycles. The number of carbonyl (C=O) groups is 2. The van der Waals surface area contributed by atoms with Gasteiger partial charge in [-0.2, -0.15) is 0 Å². The molecule has 6 nitrogen and oxygen atoms in total. The fourth-order valence-electron chi connectivity index (χ4n) is 2.28. The molecule has 1 fully saturated rings. The SMILES string of the molecule is NNC(=O)C(c1ccccc1)N1CCNC(=O)CC1. The van der Waals surface area contributed by atoms with E-state index in [0.717, 1.165) is 5.56 Å². The summed E-state index contributed by atoms with van der Waals surface area (Å²) < 4.78 is 0. The van der Waals surface area contributed by atoms with Crippen molar-refractivity contribution in [3.63, 3.8) is 0 Å². The van der Waals surface area contributed by atoms with E-state index in [1.165, 1.54) is 0 Å². The number of nitrogens with one attached hydrogen (secondary N) is 2. The highest BCUT2D eigenvalue weighted by molar-refractivity contribution is 5.83. The number of hydrogen-bond donors (Lipinski definition) is 3. The summed E-state index contributed by atoms with van der Waals surface area (Å²) in [6.07, 6.45) is 0.390. The second-order valence-corrected chi connectivity index (χ2v) is 4.46. The molecule has 0 saturated carbocycles. The summed E-state index contributed by atoms with van der Waals surface area (Å²) in [5.74, 6) is 5.03. The van der Waals surface area contributed by atoms with Crippen LogP contribution in [0.1, 0.15) is 18.0 Å². The molecular formula is C13H18N4O2. The summed E-state index contributed by atoms with van der Waals surface area (Å²) in [4.78, 5) is 25.4. The van der Waals surface area contributed by atoms with Gasteiger partial charge in [0.15, 0.2) is 0 Å². The molecule has 1 atom stereocenters. The van der Waals surface area contributed by atoms with Crippen LogP contribution in [0.2, 0.25) is 0 Å². The van der Waals surface area contributed by atoms with Crippen molar-refractivity contribution in [1.82, 2.24) is 15.6 Å². The Balaban J connectivity index is 2.22. The van der Waals surface area contributed by atoms with Crippen molar-refractivity contribution in [2.75, 3.05) is 19.6 Å². The molecule has 1 saturated heterocycles. The van der Waals surface area contributed by atoms with Crippen molar-refractivity contribution >= 4 is 11.8 Å². The second-order valence-electron chi connectivity index (χ2n) is 4.46. The van der Waals surface area contributed by atoms with Gasteiger partial charge in [-0.1, -0.05) is 30.3 Å². The fourth-order valence-corrected chi connectivity index (χ4v) is 2.28. The molecule has 1 unspecified atom stereocenters. The first kappa shape index (κ1) is 13.5. The Kier molecular flexibility index (Phi) is 4.48. The van der Waals surface area contributed by atoms with E-state index in [1.807, 2.05) is 35.2 Å². The van der Waals surface area contributed by atoms with Gasteiger partial charge in [0.1, 0.15) is 6.04 Å². The van der Waals surface area contributed by atoms with Crippen molar-refractivity contribution in [2.45, 2.75) is 12.5 Å². The number of nitrogens with zero attached hydrogens (tertiary/aromatic N) is 1. The van der Waals surface area contributed by atoms with Crippen LogP contribution in [0.4, 0.5) is 0 Å². The monoisotopic (exact) mass is 262 g/mol. The van der Waals surface area contributed by atoms with Gasteiger partial charge in [-0.25, -0.2) is 5.84 Å². The highest BCUT2D eigenvalue weighted by Gasteiger charge is 2.28. The van der Waals surface area contributed by atoms with Gasteiger partial charge in [0, 0.05) is 26.1 Å². The van der Waals surface area contributed by atoms with Crippen molar-refractivity contribution in [3.8, 4) is 0 Å². The van der Waals surface area contributed by atoms with Crippen molar-refractivity contribution in [1.29, 1.82) is 0 Å². The van der Waals surface area contributed by atoms with Crippen LogP contribution in [0.5, 0.6) is 0 Å². The Morgan fingerprint density at radius 3 is 2.74 bits per heavy atom. The summed E-state index contributed by atoms with van der Waals surface area (Å²) in [5, 5.41) is 2.79. The maximum atomic E-state index is 12.0. The molecule has 6 heteroatoms. The van der Waals surface area contributed by atoms with Crippen LogP contribution in [0.15, 0.2) is 30.3 Å². The summed E-state index contributed by atoms with van der Waals surface area (Å²) in [5.41, 5.74) is 3.08. The van der Waals surface area contributed by atoms with Crippen LogP contribution in [-0.4, -0.2) is 36.3 Å². The smallest absolute Gasteiger partial charge is 0.255 e. The molecule has 102 valence electrons. The molecule has 0 spiro atoms. The predicted molar refractivity (Wildman–Crippen MR) is 70.7 cm³/mol. The maximum Gasteiger partial charge on any atom is 0.255 e. The molecule has 1 aromatic carbocycles. The molecular weight excluding hydrogens is 244 g/mol. The van der Waals surface area contributed by atoms with Crippen molar-refractivity contribution in [2.24, 2.45) is 5.84 Å². The number of carbonyl (C=O) groups excluding carboxylic acids is 2. The van der Waals surface area contributed by atoms with Crippen LogP contribution in [0.25, 0.3) is 0 Å². The predicted octanol–water partition coefficient (Wildman–Crippen LogP) is -0.461. The van der Waals surface area contributed by atoms with E-state index in [1.54, 1.807) is 0 Å². The highest BCUT2D eigenvalue weighted by atomic mass is 16.2. The van der Waals surface area contributed by atoms with E-state index < -0.39 is 6.04 Å². The largest absolute Gasteiger partial charge is 0.355 e. The van der Waals surface area contributed by atoms with Gasteiger partial charge in [0.05, 0.1) is 0 Å². The van der Waals surface area contributed by atoms with Crippen LogP contribution in [0, 0.1) is 0 Å². The lowest BCUT2D eigenvalue weighted by atomic mass is 10.0. The van der Waals surface area contributed by atoms with Gasteiger partial charge >= 0.3 is 0 Å². The minimum Gasteiger partial charge on any atom is -0.355 e. The second kappa shape index (κ2) is 6.31. The number of hydrogen-bond acceptors (Lipinski definition) is 4. The van der Waals surface area contributed by atoms with Crippen LogP contribution < -0.4 is 16.6 Å².